The molecule has 1 aromatic carbocycles. The topological polar surface area (TPSA) is 58.5 Å². The van der Waals surface area contributed by atoms with Gasteiger partial charge in [-0.3, -0.25) is 0 Å². The lowest BCUT2D eigenvalue weighted by Gasteiger charge is -2.25. The first-order valence-corrected chi connectivity index (χ1v) is 9.17. The summed E-state index contributed by atoms with van der Waals surface area (Å²) in [6.45, 7) is 1.94. The number of benzene rings is 1. The summed E-state index contributed by atoms with van der Waals surface area (Å²) in [6.07, 6.45) is 4.96. The fourth-order valence-electron chi connectivity index (χ4n) is 4.52. The van der Waals surface area contributed by atoms with Gasteiger partial charge in [0.05, 0.1) is 4.90 Å². The maximum absolute atomic E-state index is 12.3. The smallest absolute Gasteiger partial charge is 0.200 e. The van der Waals surface area contributed by atoms with Crippen molar-refractivity contribution >= 4 is 15.7 Å². The molecule has 0 radical (unpaired) electrons. The van der Waals surface area contributed by atoms with Crippen molar-refractivity contribution in [2.75, 3.05) is 0 Å². The Labute approximate surface area is 125 Å². The van der Waals surface area contributed by atoms with E-state index in [2.05, 4.69) is 9.93 Å². The molecule has 0 amide bonds. The first-order chi connectivity index (χ1) is 10.0. The lowest BCUT2D eigenvalue weighted by atomic mass is 9.81. The van der Waals surface area contributed by atoms with Gasteiger partial charge in [-0.05, 0) is 62.5 Å². The highest BCUT2D eigenvalue weighted by atomic mass is 32.2. The van der Waals surface area contributed by atoms with Crippen LogP contribution in [0.1, 0.15) is 31.2 Å². The Bertz CT molecular complexity index is 689. The Morgan fingerprint density at radius 3 is 2.57 bits per heavy atom. The van der Waals surface area contributed by atoms with Crippen LogP contribution in [0.25, 0.3) is 0 Å². The number of nitrogens with one attached hydrogen (secondary N) is 1. The van der Waals surface area contributed by atoms with Crippen molar-refractivity contribution in [3.8, 4) is 0 Å². The molecule has 0 saturated heterocycles. The molecule has 0 heterocycles. The van der Waals surface area contributed by atoms with E-state index in [1.54, 1.807) is 24.3 Å². The third-order valence-corrected chi connectivity index (χ3v) is 6.65. The highest BCUT2D eigenvalue weighted by molar-refractivity contribution is 7.89. The van der Waals surface area contributed by atoms with E-state index in [1.165, 1.54) is 25.7 Å². The number of rotatable bonds is 3. The van der Waals surface area contributed by atoms with Gasteiger partial charge in [-0.25, -0.2) is 4.83 Å². The van der Waals surface area contributed by atoms with Crippen LogP contribution in [0.5, 0.6) is 0 Å². The maximum atomic E-state index is 12.3. The summed E-state index contributed by atoms with van der Waals surface area (Å²) in [5.41, 5.74) is 2.16. The molecule has 5 rings (SSSR count). The molecule has 4 unspecified atom stereocenters. The molecule has 112 valence electrons. The van der Waals surface area contributed by atoms with Crippen LogP contribution in [0.15, 0.2) is 34.3 Å². The van der Waals surface area contributed by atoms with Crippen molar-refractivity contribution in [3.63, 3.8) is 0 Å². The SMILES string of the molecule is Cc1ccc(S(=O)(=O)N/N=C2/C3CC4CC(C3)C2C4)cc1. The van der Waals surface area contributed by atoms with Gasteiger partial charge < -0.3 is 0 Å². The summed E-state index contributed by atoms with van der Waals surface area (Å²) in [6, 6.07) is 6.87. The van der Waals surface area contributed by atoms with E-state index in [4.69, 9.17) is 0 Å². The molecule has 0 aliphatic heterocycles. The molecule has 4 fully saturated rings. The maximum Gasteiger partial charge on any atom is 0.276 e. The molecule has 4 aliphatic rings. The van der Waals surface area contributed by atoms with Gasteiger partial charge in [0.15, 0.2) is 0 Å². The minimum absolute atomic E-state index is 0.282. The molecular formula is C16H20N2O2S. The predicted octanol–water partition coefficient (Wildman–Crippen LogP) is 2.70. The molecule has 1 N–H and O–H groups in total. The van der Waals surface area contributed by atoms with Gasteiger partial charge in [0.25, 0.3) is 10.0 Å². The van der Waals surface area contributed by atoms with Crippen LogP contribution in [0.4, 0.5) is 0 Å². The Hall–Kier alpha value is -1.36. The van der Waals surface area contributed by atoms with E-state index in [9.17, 15) is 8.42 Å². The summed E-state index contributed by atoms with van der Waals surface area (Å²) >= 11 is 0. The minimum Gasteiger partial charge on any atom is -0.200 e. The second-order valence-corrected chi connectivity index (χ2v) is 8.48. The normalized spacial score (nSPS) is 35.6. The lowest BCUT2D eigenvalue weighted by molar-refractivity contribution is 0.333. The second kappa shape index (κ2) is 4.57. The minimum atomic E-state index is -3.54. The Balaban J connectivity index is 1.56. The van der Waals surface area contributed by atoms with Crippen molar-refractivity contribution in [2.45, 2.75) is 37.5 Å². The van der Waals surface area contributed by atoms with Gasteiger partial charge in [-0.1, -0.05) is 17.7 Å². The fourth-order valence-corrected chi connectivity index (χ4v) is 5.35. The Kier molecular flexibility index (Phi) is 2.89. The van der Waals surface area contributed by atoms with Crippen molar-refractivity contribution in [2.24, 2.45) is 28.8 Å². The Morgan fingerprint density at radius 1 is 1.10 bits per heavy atom. The molecule has 4 atom stereocenters. The summed E-state index contributed by atoms with van der Waals surface area (Å²) < 4.78 is 24.6. The first kappa shape index (κ1) is 13.3. The molecule has 0 aromatic heterocycles. The number of nitrogens with zero attached hydrogens (tertiary/aromatic N) is 1. The average Bonchev–Trinajstić information content (AvgIpc) is 2.86. The molecule has 4 nitrogen and oxygen atoms in total. The summed E-state index contributed by atoms with van der Waals surface area (Å²) in [5.74, 6) is 2.69. The number of aryl methyl sites for hydroxylation is 1. The standard InChI is InChI=1S/C16H20N2O2S/c1-10-2-4-14(5-3-10)21(19,20)18-17-16-13-7-11-6-12(9-13)15(16)8-11/h2-5,11-13,15,18H,6-9H2,1H3/b17-16-. The molecular weight excluding hydrogens is 284 g/mol. The van der Waals surface area contributed by atoms with Crippen molar-refractivity contribution < 1.29 is 8.42 Å². The zero-order valence-electron chi connectivity index (χ0n) is 12.1. The monoisotopic (exact) mass is 304 g/mol. The molecule has 21 heavy (non-hydrogen) atoms. The van der Waals surface area contributed by atoms with Crippen LogP contribution in [0.3, 0.4) is 0 Å². The van der Waals surface area contributed by atoms with Gasteiger partial charge in [-0.2, -0.15) is 13.5 Å². The zero-order chi connectivity index (χ0) is 14.6. The Morgan fingerprint density at radius 2 is 1.86 bits per heavy atom. The van der Waals surface area contributed by atoms with Gasteiger partial charge in [0.2, 0.25) is 0 Å². The molecule has 1 aromatic rings. The van der Waals surface area contributed by atoms with Crippen LogP contribution >= 0.6 is 0 Å². The number of hydrogen-bond acceptors (Lipinski definition) is 3. The first-order valence-electron chi connectivity index (χ1n) is 7.69. The van der Waals surface area contributed by atoms with Crippen molar-refractivity contribution in [3.05, 3.63) is 29.8 Å². The summed E-state index contributed by atoms with van der Waals surface area (Å²) in [4.78, 5) is 2.75. The highest BCUT2D eigenvalue weighted by Crippen LogP contribution is 2.56. The average molecular weight is 304 g/mol. The fraction of sp³-hybridized carbons (Fsp3) is 0.562. The van der Waals surface area contributed by atoms with E-state index in [-0.39, 0.29) is 4.90 Å². The van der Waals surface area contributed by atoms with Crippen LogP contribution < -0.4 is 4.83 Å². The largest absolute Gasteiger partial charge is 0.276 e. The van der Waals surface area contributed by atoms with Gasteiger partial charge in [0, 0.05) is 11.6 Å². The molecule has 4 saturated carbocycles. The third kappa shape index (κ3) is 2.18. The number of hydrazone groups is 1. The van der Waals surface area contributed by atoms with E-state index in [0.717, 1.165) is 23.1 Å². The van der Waals surface area contributed by atoms with Gasteiger partial charge in [-0.15, -0.1) is 0 Å². The lowest BCUT2D eigenvalue weighted by Crippen LogP contribution is -2.27. The predicted molar refractivity (Wildman–Crippen MR) is 81.4 cm³/mol. The van der Waals surface area contributed by atoms with Gasteiger partial charge in [0.1, 0.15) is 0 Å². The molecule has 0 spiro atoms. The molecule has 5 heteroatoms. The third-order valence-electron chi connectivity index (χ3n) is 5.42. The quantitative estimate of drug-likeness (QED) is 0.873. The van der Waals surface area contributed by atoms with Crippen LogP contribution in [-0.2, 0) is 10.0 Å². The van der Waals surface area contributed by atoms with E-state index in [1.807, 2.05) is 6.92 Å². The molecule has 4 bridgehead atoms. The summed E-state index contributed by atoms with van der Waals surface area (Å²) in [5, 5.41) is 4.33. The summed E-state index contributed by atoms with van der Waals surface area (Å²) in [7, 11) is -3.54. The van der Waals surface area contributed by atoms with E-state index >= 15 is 0 Å². The van der Waals surface area contributed by atoms with Crippen LogP contribution in [0.2, 0.25) is 0 Å². The van der Waals surface area contributed by atoms with Crippen LogP contribution in [0, 0.1) is 30.6 Å². The van der Waals surface area contributed by atoms with Gasteiger partial charge >= 0.3 is 0 Å². The number of sulfonamides is 1. The highest BCUT2D eigenvalue weighted by Gasteiger charge is 2.52. The van der Waals surface area contributed by atoms with E-state index < -0.39 is 10.0 Å². The van der Waals surface area contributed by atoms with Crippen molar-refractivity contribution in [1.29, 1.82) is 0 Å². The zero-order valence-corrected chi connectivity index (χ0v) is 12.9. The van der Waals surface area contributed by atoms with E-state index in [0.29, 0.717) is 11.8 Å². The molecule has 4 aliphatic carbocycles. The van der Waals surface area contributed by atoms with Crippen LogP contribution in [-0.4, -0.2) is 14.1 Å². The van der Waals surface area contributed by atoms with Crippen molar-refractivity contribution in [1.82, 2.24) is 4.83 Å². The number of hydrogen-bond donors (Lipinski definition) is 1. The second-order valence-electron chi connectivity index (χ2n) is 6.82.